The number of carbonyl (C=O) groups excluding carboxylic acids is 1. The molecule has 1 N–H and O–H groups in total. The third-order valence-corrected chi connectivity index (χ3v) is 7.00. The number of carbonyl (C=O) groups is 1. The van der Waals surface area contributed by atoms with Crippen LogP contribution in [-0.4, -0.2) is 45.4 Å². The third kappa shape index (κ3) is 3.30. The minimum Gasteiger partial charge on any atom is -0.395 e. The van der Waals surface area contributed by atoms with Crippen molar-refractivity contribution in [1.29, 1.82) is 0 Å². The van der Waals surface area contributed by atoms with Crippen LogP contribution in [0.25, 0.3) is 0 Å². The molecule has 4 aliphatic rings. The van der Waals surface area contributed by atoms with Gasteiger partial charge in [-0.05, 0) is 74.2 Å². The van der Waals surface area contributed by atoms with Crippen molar-refractivity contribution < 1.29 is 9.90 Å². The molecular weight excluding hydrogens is 326 g/mol. The van der Waals surface area contributed by atoms with Crippen LogP contribution in [-0.2, 0) is 13.5 Å². The van der Waals surface area contributed by atoms with Crippen molar-refractivity contribution in [3.63, 3.8) is 0 Å². The minimum absolute atomic E-state index is 0.0256. The topological polar surface area (TPSA) is 58.4 Å². The summed E-state index contributed by atoms with van der Waals surface area (Å²) in [6.07, 6.45) is 10.00. The van der Waals surface area contributed by atoms with E-state index in [-0.39, 0.29) is 12.5 Å². The van der Waals surface area contributed by atoms with Crippen molar-refractivity contribution in [3.05, 3.63) is 17.5 Å². The van der Waals surface area contributed by atoms with Gasteiger partial charge in [0.25, 0.3) is 5.91 Å². The summed E-state index contributed by atoms with van der Waals surface area (Å²) in [4.78, 5) is 15.2. The SMILES string of the molecule is CCCc1cc(C(=O)N(CCO)CC23CC4CC(CC(C4)C2)C3)n(C)n1. The number of hydrogen-bond donors (Lipinski definition) is 1. The first-order valence-electron chi connectivity index (χ1n) is 10.4. The zero-order valence-corrected chi connectivity index (χ0v) is 16.3. The number of hydrogen-bond acceptors (Lipinski definition) is 3. The second-order valence-electron chi connectivity index (χ2n) is 9.26. The van der Waals surface area contributed by atoms with E-state index >= 15 is 0 Å². The van der Waals surface area contributed by atoms with Crippen LogP contribution < -0.4 is 0 Å². The largest absolute Gasteiger partial charge is 0.395 e. The Kier molecular flexibility index (Phi) is 4.84. The maximum Gasteiger partial charge on any atom is 0.272 e. The highest BCUT2D eigenvalue weighted by molar-refractivity contribution is 5.92. The van der Waals surface area contributed by atoms with Crippen molar-refractivity contribution in [2.45, 2.75) is 58.3 Å². The minimum atomic E-state index is 0.0256. The molecule has 5 rings (SSSR count). The Morgan fingerprint density at radius 1 is 1.27 bits per heavy atom. The summed E-state index contributed by atoms with van der Waals surface area (Å²) in [6, 6.07) is 1.94. The number of aromatic nitrogens is 2. The number of aliphatic hydroxyl groups is 1. The van der Waals surface area contributed by atoms with Crippen molar-refractivity contribution >= 4 is 5.91 Å². The Morgan fingerprint density at radius 3 is 2.42 bits per heavy atom. The van der Waals surface area contributed by atoms with Crippen molar-refractivity contribution in [3.8, 4) is 0 Å². The maximum atomic E-state index is 13.3. The van der Waals surface area contributed by atoms with E-state index in [0.29, 0.717) is 17.7 Å². The van der Waals surface area contributed by atoms with Gasteiger partial charge in [-0.15, -0.1) is 0 Å². The predicted molar refractivity (Wildman–Crippen MR) is 101 cm³/mol. The van der Waals surface area contributed by atoms with Gasteiger partial charge in [0.05, 0.1) is 12.3 Å². The molecule has 26 heavy (non-hydrogen) atoms. The van der Waals surface area contributed by atoms with E-state index in [9.17, 15) is 9.90 Å². The van der Waals surface area contributed by atoms with E-state index in [2.05, 4.69) is 12.0 Å². The fourth-order valence-electron chi connectivity index (χ4n) is 6.53. The summed E-state index contributed by atoms with van der Waals surface area (Å²) in [5.41, 5.74) is 1.94. The van der Waals surface area contributed by atoms with E-state index in [1.165, 1.54) is 38.5 Å². The molecule has 1 aromatic rings. The van der Waals surface area contributed by atoms with Gasteiger partial charge in [0, 0.05) is 20.1 Å². The smallest absolute Gasteiger partial charge is 0.272 e. The Labute approximate surface area is 156 Å². The highest BCUT2D eigenvalue weighted by Gasteiger charge is 2.51. The first-order valence-corrected chi connectivity index (χ1v) is 10.4. The molecule has 0 aliphatic heterocycles. The first kappa shape index (κ1) is 18.0. The van der Waals surface area contributed by atoms with Gasteiger partial charge in [0.1, 0.15) is 5.69 Å². The Hall–Kier alpha value is -1.36. The van der Waals surface area contributed by atoms with E-state index in [1.54, 1.807) is 4.68 Å². The zero-order chi connectivity index (χ0) is 18.3. The second-order valence-corrected chi connectivity index (χ2v) is 9.26. The van der Waals surface area contributed by atoms with Crippen molar-refractivity contribution in [2.75, 3.05) is 19.7 Å². The van der Waals surface area contributed by atoms with E-state index in [0.717, 1.165) is 42.8 Å². The van der Waals surface area contributed by atoms with Gasteiger partial charge in [0.15, 0.2) is 0 Å². The van der Waals surface area contributed by atoms with Crippen molar-refractivity contribution in [2.24, 2.45) is 30.2 Å². The molecule has 4 bridgehead atoms. The fourth-order valence-corrected chi connectivity index (χ4v) is 6.53. The highest BCUT2D eigenvalue weighted by Crippen LogP contribution is 2.60. The zero-order valence-electron chi connectivity index (χ0n) is 16.3. The average molecular weight is 360 g/mol. The Balaban J connectivity index is 1.53. The Bertz CT molecular complexity index is 631. The molecule has 5 nitrogen and oxygen atoms in total. The first-order chi connectivity index (χ1) is 12.5. The molecule has 1 aromatic heterocycles. The maximum absolute atomic E-state index is 13.3. The van der Waals surface area contributed by atoms with Gasteiger partial charge in [0.2, 0.25) is 0 Å². The molecule has 4 aliphatic carbocycles. The number of aliphatic hydroxyl groups excluding tert-OH is 1. The van der Waals surface area contributed by atoms with E-state index in [4.69, 9.17) is 0 Å². The molecule has 5 heteroatoms. The van der Waals surface area contributed by atoms with E-state index in [1.807, 2.05) is 18.0 Å². The van der Waals surface area contributed by atoms with Gasteiger partial charge in [-0.3, -0.25) is 9.48 Å². The van der Waals surface area contributed by atoms with Crippen LogP contribution in [0.1, 0.15) is 68.1 Å². The number of rotatable bonds is 7. The molecule has 1 amide bonds. The van der Waals surface area contributed by atoms with Crippen LogP contribution >= 0.6 is 0 Å². The number of aryl methyl sites for hydroxylation is 2. The summed E-state index contributed by atoms with van der Waals surface area (Å²) in [6.45, 7) is 3.39. The lowest BCUT2D eigenvalue weighted by molar-refractivity contribution is -0.0663. The molecule has 4 fully saturated rings. The van der Waals surface area contributed by atoms with Gasteiger partial charge >= 0.3 is 0 Å². The summed E-state index contributed by atoms with van der Waals surface area (Å²) in [7, 11) is 1.86. The van der Waals surface area contributed by atoms with E-state index < -0.39 is 0 Å². The standard InChI is InChI=1S/C21H33N3O2/c1-3-4-18-10-19(23(2)22-18)20(26)24(5-6-25)14-21-11-15-7-16(12-21)9-17(8-15)13-21/h10,15-17,25H,3-9,11-14H2,1-2H3. The lowest BCUT2D eigenvalue weighted by Gasteiger charge is -2.57. The average Bonchev–Trinajstić information content (AvgIpc) is 2.93. The molecule has 144 valence electrons. The molecule has 1 heterocycles. The summed E-state index contributed by atoms with van der Waals surface area (Å²) in [5, 5.41) is 14.1. The molecule has 0 saturated heterocycles. The lowest BCUT2D eigenvalue weighted by atomic mass is 9.49. The lowest BCUT2D eigenvalue weighted by Crippen LogP contribution is -2.52. The third-order valence-electron chi connectivity index (χ3n) is 7.00. The van der Waals surface area contributed by atoms with Crippen LogP contribution in [0.2, 0.25) is 0 Å². The fraction of sp³-hybridized carbons (Fsp3) is 0.810. The second kappa shape index (κ2) is 6.99. The number of amides is 1. The predicted octanol–water partition coefficient (Wildman–Crippen LogP) is 3.02. The highest BCUT2D eigenvalue weighted by atomic mass is 16.3. The summed E-state index contributed by atoms with van der Waals surface area (Å²) in [5.74, 6) is 2.66. The summed E-state index contributed by atoms with van der Waals surface area (Å²) < 4.78 is 1.72. The quantitative estimate of drug-likeness (QED) is 0.814. The van der Waals surface area contributed by atoms with Crippen LogP contribution in [0.3, 0.4) is 0 Å². The monoisotopic (exact) mass is 359 g/mol. The molecule has 0 unspecified atom stereocenters. The molecule has 4 saturated carbocycles. The summed E-state index contributed by atoms with van der Waals surface area (Å²) >= 11 is 0. The van der Waals surface area contributed by atoms with Crippen LogP contribution in [0.5, 0.6) is 0 Å². The molecule has 0 spiro atoms. The molecule has 0 radical (unpaired) electrons. The normalized spacial score (nSPS) is 32.2. The molecule has 0 atom stereocenters. The molecule has 0 aromatic carbocycles. The van der Waals surface area contributed by atoms with Crippen LogP contribution in [0.4, 0.5) is 0 Å². The van der Waals surface area contributed by atoms with Crippen molar-refractivity contribution in [1.82, 2.24) is 14.7 Å². The Morgan fingerprint density at radius 2 is 1.88 bits per heavy atom. The van der Waals surface area contributed by atoms with Gasteiger partial charge in [-0.25, -0.2) is 0 Å². The molecular formula is C21H33N3O2. The van der Waals surface area contributed by atoms with Gasteiger partial charge in [-0.2, -0.15) is 5.10 Å². The van der Waals surface area contributed by atoms with Crippen LogP contribution in [0.15, 0.2) is 6.07 Å². The van der Waals surface area contributed by atoms with Gasteiger partial charge in [-0.1, -0.05) is 13.3 Å². The van der Waals surface area contributed by atoms with Crippen LogP contribution in [0, 0.1) is 23.2 Å². The van der Waals surface area contributed by atoms with Gasteiger partial charge < -0.3 is 10.0 Å². The number of nitrogens with zero attached hydrogens (tertiary/aromatic N) is 3.